The Balaban J connectivity index is 1.41. The molecule has 0 spiro atoms. The number of carbonyl (C=O) groups is 2. The lowest BCUT2D eigenvalue weighted by atomic mass is 10.1. The van der Waals surface area contributed by atoms with Crippen molar-refractivity contribution >= 4 is 17.6 Å². The van der Waals surface area contributed by atoms with Crippen molar-refractivity contribution in [1.82, 2.24) is 16.0 Å². The zero-order chi connectivity index (χ0) is 19.1. The smallest absolute Gasteiger partial charge is 0.315 e. The molecule has 0 radical (unpaired) electrons. The Morgan fingerprint density at radius 1 is 1.11 bits per heavy atom. The fourth-order valence-corrected chi connectivity index (χ4v) is 2.94. The maximum atomic E-state index is 13.5. The molecule has 1 fully saturated rings. The van der Waals surface area contributed by atoms with Crippen molar-refractivity contribution in [3.8, 4) is 0 Å². The highest BCUT2D eigenvalue weighted by Gasteiger charge is 2.16. The number of piperazine rings is 1. The summed E-state index contributed by atoms with van der Waals surface area (Å²) in [5, 5.41) is 8.31. The van der Waals surface area contributed by atoms with Crippen LogP contribution < -0.4 is 20.9 Å². The Kier molecular flexibility index (Phi) is 6.25. The highest BCUT2D eigenvalue weighted by atomic mass is 19.1. The molecule has 3 amide bonds. The molecule has 1 aliphatic heterocycles. The summed E-state index contributed by atoms with van der Waals surface area (Å²) in [6.45, 7) is 2.56. The van der Waals surface area contributed by atoms with E-state index in [-0.39, 0.29) is 17.8 Å². The van der Waals surface area contributed by atoms with Crippen molar-refractivity contribution in [1.29, 1.82) is 0 Å². The van der Waals surface area contributed by atoms with Gasteiger partial charge in [0, 0.05) is 31.9 Å². The number of hydrogen-bond acceptors (Lipinski definition) is 3. The summed E-state index contributed by atoms with van der Waals surface area (Å²) in [6, 6.07) is 14.0. The topological polar surface area (TPSA) is 73.5 Å². The third kappa shape index (κ3) is 5.44. The molecule has 7 heteroatoms. The summed E-state index contributed by atoms with van der Waals surface area (Å²) < 4.78 is 13.5. The molecule has 0 saturated carbocycles. The molecule has 0 unspecified atom stereocenters. The van der Waals surface area contributed by atoms with Crippen LogP contribution >= 0.6 is 0 Å². The van der Waals surface area contributed by atoms with Gasteiger partial charge in [0.1, 0.15) is 5.82 Å². The van der Waals surface area contributed by atoms with Gasteiger partial charge >= 0.3 is 6.03 Å². The Morgan fingerprint density at radius 2 is 1.89 bits per heavy atom. The van der Waals surface area contributed by atoms with Crippen LogP contribution in [-0.2, 0) is 17.8 Å². The van der Waals surface area contributed by atoms with Crippen LogP contribution in [-0.4, -0.2) is 38.1 Å². The van der Waals surface area contributed by atoms with Crippen molar-refractivity contribution < 1.29 is 14.0 Å². The molecule has 0 bridgehead atoms. The third-order valence-electron chi connectivity index (χ3n) is 4.43. The summed E-state index contributed by atoms with van der Waals surface area (Å²) in [5.41, 5.74) is 2.53. The summed E-state index contributed by atoms with van der Waals surface area (Å²) in [7, 11) is 0. The SMILES string of the molecule is O=C1CN(c2ccc(CNC(=O)NCCc3ccccc3F)cc2)CCN1. The summed E-state index contributed by atoms with van der Waals surface area (Å²) in [5.74, 6) is -0.231. The quantitative estimate of drug-likeness (QED) is 0.726. The van der Waals surface area contributed by atoms with Crippen LogP contribution in [0.4, 0.5) is 14.9 Å². The minimum atomic E-state index is -0.289. The first kappa shape index (κ1) is 18.7. The first-order chi connectivity index (χ1) is 13.1. The van der Waals surface area contributed by atoms with E-state index in [0.29, 0.717) is 38.2 Å². The van der Waals surface area contributed by atoms with Crippen LogP contribution in [0.3, 0.4) is 0 Å². The number of amides is 3. The highest BCUT2D eigenvalue weighted by molar-refractivity contribution is 5.82. The molecule has 6 nitrogen and oxygen atoms in total. The zero-order valence-corrected chi connectivity index (χ0v) is 15.0. The molecule has 1 saturated heterocycles. The molecule has 0 aliphatic carbocycles. The minimum Gasteiger partial charge on any atom is -0.360 e. The number of halogens is 1. The molecule has 0 aromatic heterocycles. The molecule has 27 heavy (non-hydrogen) atoms. The first-order valence-corrected chi connectivity index (χ1v) is 8.97. The molecular weight excluding hydrogens is 347 g/mol. The van der Waals surface area contributed by atoms with Crippen molar-refractivity contribution in [3.05, 3.63) is 65.5 Å². The van der Waals surface area contributed by atoms with Gasteiger partial charge in [-0.25, -0.2) is 9.18 Å². The van der Waals surface area contributed by atoms with Gasteiger partial charge in [-0.05, 0) is 35.7 Å². The maximum absolute atomic E-state index is 13.5. The van der Waals surface area contributed by atoms with Gasteiger partial charge < -0.3 is 20.9 Å². The van der Waals surface area contributed by atoms with Crippen LogP contribution in [0.15, 0.2) is 48.5 Å². The Labute approximate surface area is 157 Å². The number of carbonyl (C=O) groups excluding carboxylic acids is 2. The van der Waals surface area contributed by atoms with Gasteiger partial charge in [-0.3, -0.25) is 4.79 Å². The van der Waals surface area contributed by atoms with Crippen LogP contribution in [0.2, 0.25) is 0 Å². The minimum absolute atomic E-state index is 0.0269. The largest absolute Gasteiger partial charge is 0.360 e. The monoisotopic (exact) mass is 370 g/mol. The zero-order valence-electron chi connectivity index (χ0n) is 15.0. The van der Waals surface area contributed by atoms with Gasteiger partial charge in [-0.1, -0.05) is 30.3 Å². The van der Waals surface area contributed by atoms with Crippen molar-refractivity contribution in [2.75, 3.05) is 31.1 Å². The van der Waals surface area contributed by atoms with Crippen LogP contribution in [0.5, 0.6) is 0 Å². The van der Waals surface area contributed by atoms with E-state index in [9.17, 15) is 14.0 Å². The fourth-order valence-electron chi connectivity index (χ4n) is 2.94. The number of urea groups is 1. The molecule has 2 aromatic carbocycles. The van der Waals surface area contributed by atoms with E-state index in [1.165, 1.54) is 6.07 Å². The second-order valence-corrected chi connectivity index (χ2v) is 6.39. The lowest BCUT2D eigenvalue weighted by molar-refractivity contribution is -0.120. The van der Waals surface area contributed by atoms with Crippen molar-refractivity contribution in [3.63, 3.8) is 0 Å². The number of benzene rings is 2. The number of hydrogen-bond donors (Lipinski definition) is 3. The lowest BCUT2D eigenvalue weighted by Gasteiger charge is -2.28. The normalized spacial score (nSPS) is 13.8. The Morgan fingerprint density at radius 3 is 2.63 bits per heavy atom. The van der Waals surface area contributed by atoms with Crippen LogP contribution in [0, 0.1) is 5.82 Å². The van der Waals surface area contributed by atoms with Crippen LogP contribution in [0.25, 0.3) is 0 Å². The van der Waals surface area contributed by atoms with E-state index in [4.69, 9.17) is 0 Å². The molecule has 3 N–H and O–H groups in total. The van der Waals surface area contributed by atoms with Gasteiger partial charge in [0.05, 0.1) is 6.54 Å². The van der Waals surface area contributed by atoms with Crippen LogP contribution in [0.1, 0.15) is 11.1 Å². The molecular formula is C20H23FN4O2. The second kappa shape index (κ2) is 9.02. The van der Waals surface area contributed by atoms with Crippen molar-refractivity contribution in [2.45, 2.75) is 13.0 Å². The van der Waals surface area contributed by atoms with Gasteiger partial charge in [-0.2, -0.15) is 0 Å². The average Bonchev–Trinajstić information content (AvgIpc) is 2.68. The predicted molar refractivity (Wildman–Crippen MR) is 102 cm³/mol. The highest BCUT2D eigenvalue weighted by Crippen LogP contribution is 2.16. The molecule has 2 aromatic rings. The van der Waals surface area contributed by atoms with Gasteiger partial charge in [0.2, 0.25) is 5.91 Å². The van der Waals surface area contributed by atoms with E-state index in [2.05, 4.69) is 16.0 Å². The Hall–Kier alpha value is -3.09. The molecule has 142 valence electrons. The number of nitrogens with one attached hydrogen (secondary N) is 3. The second-order valence-electron chi connectivity index (χ2n) is 6.39. The van der Waals surface area contributed by atoms with E-state index in [1.807, 2.05) is 29.2 Å². The molecule has 1 aliphatic rings. The van der Waals surface area contributed by atoms with E-state index < -0.39 is 0 Å². The van der Waals surface area contributed by atoms with Crippen molar-refractivity contribution in [2.24, 2.45) is 0 Å². The van der Waals surface area contributed by atoms with Gasteiger partial charge in [-0.15, -0.1) is 0 Å². The number of anilines is 1. The Bertz CT molecular complexity index is 795. The third-order valence-corrected chi connectivity index (χ3v) is 4.43. The van der Waals surface area contributed by atoms with Gasteiger partial charge in [0.15, 0.2) is 0 Å². The standard InChI is InChI=1S/C20H23FN4O2/c21-18-4-2-1-3-16(18)9-10-23-20(27)24-13-15-5-7-17(8-6-15)25-12-11-22-19(26)14-25/h1-8H,9-14H2,(H,22,26)(H2,23,24,27). The molecule has 1 heterocycles. The van der Waals surface area contributed by atoms with E-state index >= 15 is 0 Å². The number of nitrogens with zero attached hydrogens (tertiary/aromatic N) is 1. The summed E-state index contributed by atoms with van der Waals surface area (Å²) >= 11 is 0. The first-order valence-electron chi connectivity index (χ1n) is 8.97. The molecule has 0 atom stereocenters. The number of rotatable bonds is 6. The lowest BCUT2D eigenvalue weighted by Crippen LogP contribution is -2.47. The average molecular weight is 370 g/mol. The van der Waals surface area contributed by atoms with E-state index in [0.717, 1.165) is 17.8 Å². The summed E-state index contributed by atoms with van der Waals surface area (Å²) in [6.07, 6.45) is 0.443. The van der Waals surface area contributed by atoms with E-state index in [1.54, 1.807) is 18.2 Å². The maximum Gasteiger partial charge on any atom is 0.315 e. The predicted octanol–water partition coefficient (Wildman–Crippen LogP) is 1.80. The fraction of sp³-hybridized carbons (Fsp3) is 0.300. The van der Waals surface area contributed by atoms with Gasteiger partial charge in [0.25, 0.3) is 0 Å². The molecule has 3 rings (SSSR count). The summed E-state index contributed by atoms with van der Waals surface area (Å²) in [4.78, 5) is 25.4.